The molecule has 0 fully saturated rings. The van der Waals surface area contributed by atoms with Gasteiger partial charge >= 0.3 is 0 Å². The van der Waals surface area contributed by atoms with Crippen molar-refractivity contribution in [3.63, 3.8) is 0 Å². The first-order valence-corrected chi connectivity index (χ1v) is 6.93. The Morgan fingerprint density at radius 2 is 2.11 bits per heavy atom. The van der Waals surface area contributed by atoms with Gasteiger partial charge < -0.3 is 16.8 Å². The fourth-order valence-corrected chi connectivity index (χ4v) is 2.86. The van der Waals surface area contributed by atoms with Crippen LogP contribution >= 0.6 is 22.9 Å². The third-order valence-corrected chi connectivity index (χ3v) is 3.96. The molecular weight excluding hydrogens is 282 g/mol. The van der Waals surface area contributed by atoms with Crippen LogP contribution in [0.4, 0.5) is 11.4 Å². The zero-order valence-electron chi connectivity index (χ0n) is 10.2. The van der Waals surface area contributed by atoms with Crippen molar-refractivity contribution in [1.82, 2.24) is 0 Å². The van der Waals surface area contributed by atoms with E-state index in [-0.39, 0.29) is 0 Å². The van der Waals surface area contributed by atoms with Crippen LogP contribution in [0, 0.1) is 0 Å². The predicted molar refractivity (Wildman–Crippen MR) is 80.9 cm³/mol. The van der Waals surface area contributed by atoms with Gasteiger partial charge in [-0.3, -0.25) is 4.79 Å². The first-order valence-electron chi connectivity index (χ1n) is 5.74. The van der Waals surface area contributed by atoms with Gasteiger partial charge in [-0.1, -0.05) is 17.7 Å². The van der Waals surface area contributed by atoms with Crippen LogP contribution in [0.2, 0.25) is 4.34 Å². The van der Waals surface area contributed by atoms with Gasteiger partial charge in [-0.25, -0.2) is 0 Å². The highest BCUT2D eigenvalue weighted by Gasteiger charge is 2.10. The number of para-hydroxylation sites is 1. The van der Waals surface area contributed by atoms with Gasteiger partial charge in [0.25, 0.3) is 5.91 Å². The SMILES string of the molecule is NC(=O)c1cccc(N)c1NCCc1ccc(Cl)s1. The van der Waals surface area contributed by atoms with Gasteiger partial charge in [0.2, 0.25) is 0 Å². The molecule has 4 nitrogen and oxygen atoms in total. The monoisotopic (exact) mass is 295 g/mol. The minimum atomic E-state index is -0.492. The van der Waals surface area contributed by atoms with E-state index in [2.05, 4.69) is 5.32 Å². The molecule has 0 saturated carbocycles. The minimum absolute atomic E-state index is 0.407. The highest BCUT2D eigenvalue weighted by atomic mass is 35.5. The van der Waals surface area contributed by atoms with Crippen LogP contribution in [-0.4, -0.2) is 12.5 Å². The molecule has 19 heavy (non-hydrogen) atoms. The summed E-state index contributed by atoms with van der Waals surface area (Å²) in [5.74, 6) is -0.492. The summed E-state index contributed by atoms with van der Waals surface area (Å²) in [5.41, 5.74) is 12.7. The Bertz CT molecular complexity index is 597. The van der Waals surface area contributed by atoms with E-state index in [1.165, 1.54) is 4.88 Å². The number of hydrogen-bond donors (Lipinski definition) is 3. The Kier molecular flexibility index (Phi) is 4.29. The number of carbonyl (C=O) groups excluding carboxylic acids is 1. The summed E-state index contributed by atoms with van der Waals surface area (Å²) in [4.78, 5) is 12.5. The van der Waals surface area contributed by atoms with Crippen molar-refractivity contribution in [2.75, 3.05) is 17.6 Å². The molecule has 0 saturated heterocycles. The van der Waals surface area contributed by atoms with Crippen LogP contribution in [0.1, 0.15) is 15.2 Å². The number of nitrogen functional groups attached to an aromatic ring is 1. The van der Waals surface area contributed by atoms with Crippen LogP contribution in [0.25, 0.3) is 0 Å². The van der Waals surface area contributed by atoms with E-state index in [1.54, 1.807) is 29.5 Å². The maximum absolute atomic E-state index is 11.3. The van der Waals surface area contributed by atoms with Crippen LogP contribution < -0.4 is 16.8 Å². The molecule has 0 aliphatic rings. The van der Waals surface area contributed by atoms with Crippen molar-refractivity contribution in [3.8, 4) is 0 Å². The van der Waals surface area contributed by atoms with E-state index in [4.69, 9.17) is 23.1 Å². The van der Waals surface area contributed by atoms with Crippen molar-refractivity contribution in [2.45, 2.75) is 6.42 Å². The number of carbonyl (C=O) groups is 1. The quantitative estimate of drug-likeness (QED) is 0.742. The molecule has 0 bridgehead atoms. The summed E-state index contributed by atoms with van der Waals surface area (Å²) in [6.45, 7) is 0.658. The van der Waals surface area contributed by atoms with E-state index in [0.717, 1.165) is 10.8 Å². The molecule has 0 atom stereocenters. The minimum Gasteiger partial charge on any atom is -0.397 e. The van der Waals surface area contributed by atoms with Crippen molar-refractivity contribution >= 4 is 40.2 Å². The highest BCUT2D eigenvalue weighted by molar-refractivity contribution is 7.16. The Hall–Kier alpha value is -1.72. The molecule has 0 aliphatic heterocycles. The number of nitrogens with two attached hydrogens (primary N) is 2. The Morgan fingerprint density at radius 1 is 1.32 bits per heavy atom. The standard InChI is InChI=1S/C13H14ClN3OS/c14-11-5-4-8(19-11)6-7-17-12-9(13(16)18)2-1-3-10(12)15/h1-5,17H,6-7,15H2,(H2,16,18). The molecule has 0 aliphatic carbocycles. The van der Waals surface area contributed by atoms with Crippen LogP contribution in [0.15, 0.2) is 30.3 Å². The van der Waals surface area contributed by atoms with Crippen molar-refractivity contribution in [3.05, 3.63) is 45.1 Å². The van der Waals surface area contributed by atoms with E-state index in [1.807, 2.05) is 12.1 Å². The van der Waals surface area contributed by atoms with Gasteiger partial charge in [-0.15, -0.1) is 11.3 Å². The van der Waals surface area contributed by atoms with Gasteiger partial charge in [-0.2, -0.15) is 0 Å². The largest absolute Gasteiger partial charge is 0.397 e. The first kappa shape index (κ1) is 13.7. The molecule has 2 rings (SSSR count). The lowest BCUT2D eigenvalue weighted by atomic mass is 10.1. The molecule has 1 aromatic carbocycles. The number of benzene rings is 1. The zero-order chi connectivity index (χ0) is 13.8. The fraction of sp³-hybridized carbons (Fsp3) is 0.154. The molecule has 0 spiro atoms. The van der Waals surface area contributed by atoms with E-state index in [0.29, 0.717) is 23.5 Å². The number of rotatable bonds is 5. The summed E-state index contributed by atoms with van der Waals surface area (Å²) in [6.07, 6.45) is 0.809. The summed E-state index contributed by atoms with van der Waals surface area (Å²) in [5, 5.41) is 3.16. The molecular formula is C13H14ClN3OS. The van der Waals surface area contributed by atoms with Crippen LogP contribution in [-0.2, 0) is 6.42 Å². The van der Waals surface area contributed by atoms with Crippen LogP contribution in [0.5, 0.6) is 0 Å². The third-order valence-electron chi connectivity index (χ3n) is 2.66. The molecule has 0 radical (unpaired) electrons. The summed E-state index contributed by atoms with van der Waals surface area (Å²) in [6, 6.07) is 8.95. The van der Waals surface area contributed by atoms with Crippen molar-refractivity contribution in [1.29, 1.82) is 0 Å². The summed E-state index contributed by atoms with van der Waals surface area (Å²) >= 11 is 7.41. The second-order valence-electron chi connectivity index (χ2n) is 4.02. The normalized spacial score (nSPS) is 10.4. The first-order chi connectivity index (χ1) is 9.08. The number of halogens is 1. The Balaban J connectivity index is 2.05. The van der Waals surface area contributed by atoms with Gasteiger partial charge in [0, 0.05) is 11.4 Å². The number of hydrogen-bond acceptors (Lipinski definition) is 4. The summed E-state index contributed by atoms with van der Waals surface area (Å²) in [7, 11) is 0. The number of amides is 1. The molecule has 6 heteroatoms. The average Bonchev–Trinajstić information content (AvgIpc) is 2.77. The van der Waals surface area contributed by atoms with Gasteiger partial charge in [0.05, 0.1) is 21.3 Å². The lowest BCUT2D eigenvalue weighted by Crippen LogP contribution is -2.16. The van der Waals surface area contributed by atoms with Gasteiger partial charge in [-0.05, 0) is 30.7 Å². The number of anilines is 2. The third kappa shape index (κ3) is 3.39. The van der Waals surface area contributed by atoms with Gasteiger partial charge in [0.15, 0.2) is 0 Å². The summed E-state index contributed by atoms with van der Waals surface area (Å²) < 4.78 is 0.770. The predicted octanol–water partition coefficient (Wildman–Crippen LogP) is 2.74. The molecule has 100 valence electrons. The molecule has 1 aromatic heterocycles. The Labute approximate surface area is 120 Å². The second kappa shape index (κ2) is 5.95. The molecule has 1 amide bonds. The zero-order valence-corrected chi connectivity index (χ0v) is 11.7. The molecule has 1 heterocycles. The average molecular weight is 296 g/mol. The second-order valence-corrected chi connectivity index (χ2v) is 5.82. The van der Waals surface area contributed by atoms with E-state index < -0.39 is 5.91 Å². The number of thiophene rings is 1. The fourth-order valence-electron chi connectivity index (χ4n) is 1.77. The lowest BCUT2D eigenvalue weighted by molar-refractivity contribution is 0.100. The number of primary amides is 1. The van der Waals surface area contributed by atoms with E-state index >= 15 is 0 Å². The van der Waals surface area contributed by atoms with Crippen LogP contribution in [0.3, 0.4) is 0 Å². The van der Waals surface area contributed by atoms with Crippen molar-refractivity contribution in [2.24, 2.45) is 5.73 Å². The molecule has 5 N–H and O–H groups in total. The Morgan fingerprint density at radius 3 is 2.74 bits per heavy atom. The van der Waals surface area contributed by atoms with E-state index in [9.17, 15) is 4.79 Å². The number of nitrogens with one attached hydrogen (secondary N) is 1. The van der Waals surface area contributed by atoms with Crippen molar-refractivity contribution < 1.29 is 4.79 Å². The maximum Gasteiger partial charge on any atom is 0.250 e. The molecule has 0 unspecified atom stereocenters. The lowest BCUT2D eigenvalue weighted by Gasteiger charge is -2.12. The molecule has 2 aromatic rings. The maximum atomic E-state index is 11.3. The smallest absolute Gasteiger partial charge is 0.250 e. The van der Waals surface area contributed by atoms with Gasteiger partial charge in [0.1, 0.15) is 0 Å². The topological polar surface area (TPSA) is 81.1 Å². The highest BCUT2D eigenvalue weighted by Crippen LogP contribution is 2.24.